The molecule has 0 aliphatic carbocycles. The third-order valence-corrected chi connectivity index (χ3v) is 5.07. The average Bonchev–Trinajstić information content (AvgIpc) is 2.89. The van der Waals surface area contributed by atoms with E-state index in [9.17, 15) is 4.79 Å². The highest BCUT2D eigenvalue weighted by Crippen LogP contribution is 2.36. The Labute approximate surface area is 166 Å². The van der Waals surface area contributed by atoms with Crippen LogP contribution in [0.1, 0.15) is 38.8 Å². The Morgan fingerprint density at radius 3 is 2.36 bits per heavy atom. The van der Waals surface area contributed by atoms with Crippen LogP contribution in [0.5, 0.6) is 0 Å². The van der Waals surface area contributed by atoms with Crippen LogP contribution in [0.4, 0.5) is 0 Å². The number of rotatable bonds is 7. The van der Waals surface area contributed by atoms with Gasteiger partial charge in [-0.05, 0) is 38.8 Å². The van der Waals surface area contributed by atoms with Crippen LogP contribution < -0.4 is 5.46 Å². The summed E-state index contributed by atoms with van der Waals surface area (Å²) in [5, 5.41) is 0. The Balaban J connectivity index is 1.48. The summed E-state index contributed by atoms with van der Waals surface area (Å²) >= 11 is 0. The molecule has 1 aromatic heterocycles. The highest BCUT2D eigenvalue weighted by Gasteiger charge is 2.51. The van der Waals surface area contributed by atoms with Gasteiger partial charge in [0.05, 0.1) is 17.8 Å². The molecule has 2 heterocycles. The van der Waals surface area contributed by atoms with Crippen molar-refractivity contribution in [3.8, 4) is 0 Å². The Morgan fingerprint density at radius 1 is 1.00 bits per heavy atom. The van der Waals surface area contributed by atoms with Gasteiger partial charge in [0, 0.05) is 17.9 Å². The molecule has 1 fully saturated rings. The normalized spacial score (nSPS) is 17.5. The lowest BCUT2D eigenvalue weighted by Gasteiger charge is -2.32. The zero-order valence-corrected chi connectivity index (χ0v) is 16.8. The summed E-state index contributed by atoms with van der Waals surface area (Å²) in [6.07, 6.45) is 3.42. The number of pyridine rings is 1. The van der Waals surface area contributed by atoms with Gasteiger partial charge in [0.25, 0.3) is 0 Å². The Morgan fingerprint density at radius 2 is 1.68 bits per heavy atom. The lowest BCUT2D eigenvalue weighted by molar-refractivity contribution is -0.150. The molecule has 148 valence electrons. The highest BCUT2D eigenvalue weighted by molar-refractivity contribution is 6.62. The largest absolute Gasteiger partial charge is 0.496 e. The zero-order valence-electron chi connectivity index (χ0n) is 16.8. The van der Waals surface area contributed by atoms with Gasteiger partial charge < -0.3 is 18.8 Å². The molecule has 6 nitrogen and oxygen atoms in total. The van der Waals surface area contributed by atoms with Crippen molar-refractivity contribution in [1.82, 2.24) is 4.98 Å². The average molecular weight is 383 g/mol. The molecule has 0 atom stereocenters. The summed E-state index contributed by atoms with van der Waals surface area (Å²) in [5.41, 5.74) is 1.78. The van der Waals surface area contributed by atoms with Gasteiger partial charge in [0.15, 0.2) is 0 Å². The van der Waals surface area contributed by atoms with Crippen LogP contribution >= 0.6 is 0 Å². The van der Waals surface area contributed by atoms with E-state index in [1.165, 1.54) is 0 Å². The molecule has 2 aromatic rings. The van der Waals surface area contributed by atoms with Crippen LogP contribution in [0.25, 0.3) is 0 Å². The first-order chi connectivity index (χ1) is 13.3. The third kappa shape index (κ3) is 4.98. The van der Waals surface area contributed by atoms with Crippen LogP contribution in [0.3, 0.4) is 0 Å². The number of carbonyl (C=O) groups excluding carboxylic acids is 1. The highest BCUT2D eigenvalue weighted by atomic mass is 16.7. The topological polar surface area (TPSA) is 66.9 Å². The number of aromatic nitrogens is 1. The van der Waals surface area contributed by atoms with Crippen LogP contribution in [-0.4, -0.2) is 35.9 Å². The Hall–Kier alpha value is -2.22. The minimum absolute atomic E-state index is 0.118. The molecule has 0 unspecified atom stereocenters. The maximum atomic E-state index is 11.8. The summed E-state index contributed by atoms with van der Waals surface area (Å²) in [7, 11) is -0.478. The lowest BCUT2D eigenvalue weighted by Crippen LogP contribution is -2.41. The molecular weight excluding hydrogens is 357 g/mol. The van der Waals surface area contributed by atoms with Crippen LogP contribution in [0, 0.1) is 0 Å². The Kier molecular flexibility index (Phi) is 6.18. The fraction of sp³-hybridized carbons (Fsp3) is 0.429. The first-order valence-corrected chi connectivity index (χ1v) is 9.34. The number of nitrogens with zero attached hydrogens (tertiary/aromatic N) is 1. The first-order valence-electron chi connectivity index (χ1n) is 9.34. The lowest BCUT2D eigenvalue weighted by atomic mass is 9.80. The molecule has 1 aliphatic heterocycles. The van der Waals surface area contributed by atoms with Crippen LogP contribution in [-0.2, 0) is 36.8 Å². The molecule has 0 N–H and O–H groups in total. The molecule has 0 radical (unpaired) electrons. The van der Waals surface area contributed by atoms with Gasteiger partial charge in [-0.2, -0.15) is 0 Å². The number of hydrogen-bond donors (Lipinski definition) is 0. The summed E-state index contributed by atoms with van der Waals surface area (Å²) in [6, 6.07) is 11.5. The SMILES string of the molecule is CC1(C)OB(c2cncc(COCC(=O)OCc3ccccc3)c2)OC1(C)C. The summed E-state index contributed by atoms with van der Waals surface area (Å²) in [5.74, 6) is -0.404. The monoisotopic (exact) mass is 383 g/mol. The van der Waals surface area contributed by atoms with E-state index in [0.29, 0.717) is 0 Å². The molecule has 28 heavy (non-hydrogen) atoms. The number of ether oxygens (including phenoxy) is 2. The summed E-state index contributed by atoms with van der Waals surface area (Å²) in [4.78, 5) is 16.1. The predicted molar refractivity (Wildman–Crippen MR) is 106 cm³/mol. The smallest absolute Gasteiger partial charge is 0.459 e. The van der Waals surface area contributed by atoms with E-state index in [0.717, 1.165) is 16.6 Å². The number of hydrogen-bond acceptors (Lipinski definition) is 6. The third-order valence-electron chi connectivity index (χ3n) is 5.07. The van der Waals surface area contributed by atoms with Gasteiger partial charge in [-0.1, -0.05) is 36.4 Å². The molecule has 1 aliphatic rings. The van der Waals surface area contributed by atoms with E-state index in [1.807, 2.05) is 64.1 Å². The molecule has 1 saturated heterocycles. The molecule has 0 bridgehead atoms. The van der Waals surface area contributed by atoms with E-state index in [1.54, 1.807) is 12.4 Å². The van der Waals surface area contributed by atoms with Crippen molar-refractivity contribution < 1.29 is 23.6 Å². The second kappa shape index (κ2) is 8.43. The van der Waals surface area contributed by atoms with E-state index in [2.05, 4.69) is 4.98 Å². The van der Waals surface area contributed by atoms with Crippen LogP contribution in [0.15, 0.2) is 48.8 Å². The van der Waals surface area contributed by atoms with Crippen LogP contribution in [0.2, 0.25) is 0 Å². The second-order valence-electron chi connectivity index (χ2n) is 7.85. The second-order valence-corrected chi connectivity index (χ2v) is 7.85. The van der Waals surface area contributed by atoms with E-state index >= 15 is 0 Å². The first kappa shape index (κ1) is 20.5. The predicted octanol–water partition coefficient (Wildman–Crippen LogP) is 2.64. The van der Waals surface area contributed by atoms with Gasteiger partial charge in [0.1, 0.15) is 13.2 Å². The standard InChI is InChI=1S/C21H26BNO5/c1-20(2)21(3,4)28-22(27-20)18-10-17(11-23-12-18)13-25-15-19(24)26-14-16-8-6-5-7-9-16/h5-12H,13-15H2,1-4H3. The van der Waals surface area contributed by atoms with Crippen molar-refractivity contribution in [1.29, 1.82) is 0 Å². The van der Waals surface area contributed by atoms with E-state index in [4.69, 9.17) is 18.8 Å². The van der Waals surface area contributed by atoms with Gasteiger partial charge in [-0.25, -0.2) is 4.79 Å². The maximum Gasteiger partial charge on any atom is 0.496 e. The van der Waals surface area contributed by atoms with Gasteiger partial charge in [0.2, 0.25) is 0 Å². The minimum Gasteiger partial charge on any atom is -0.459 e. The van der Waals surface area contributed by atoms with Crippen molar-refractivity contribution in [2.45, 2.75) is 52.1 Å². The molecular formula is C21H26BNO5. The fourth-order valence-corrected chi connectivity index (χ4v) is 2.73. The summed E-state index contributed by atoms with van der Waals surface area (Å²) in [6.45, 7) is 8.40. The molecule has 3 rings (SSSR count). The van der Waals surface area contributed by atoms with Gasteiger partial charge >= 0.3 is 13.1 Å². The van der Waals surface area contributed by atoms with Crippen molar-refractivity contribution in [3.05, 3.63) is 59.9 Å². The Bertz CT molecular complexity index is 793. The molecule has 0 spiro atoms. The number of esters is 1. The van der Waals surface area contributed by atoms with Crippen molar-refractivity contribution >= 4 is 18.6 Å². The van der Waals surface area contributed by atoms with Crippen molar-refractivity contribution in [3.63, 3.8) is 0 Å². The fourth-order valence-electron chi connectivity index (χ4n) is 2.73. The number of benzene rings is 1. The zero-order chi connectivity index (χ0) is 20.2. The van der Waals surface area contributed by atoms with Crippen molar-refractivity contribution in [2.75, 3.05) is 6.61 Å². The van der Waals surface area contributed by atoms with E-state index in [-0.39, 0.29) is 19.8 Å². The molecule has 7 heteroatoms. The molecule has 0 amide bonds. The maximum absolute atomic E-state index is 11.8. The molecule has 0 saturated carbocycles. The quantitative estimate of drug-likeness (QED) is 0.541. The summed E-state index contributed by atoms with van der Waals surface area (Å²) < 4.78 is 22.8. The molecule has 1 aromatic carbocycles. The number of carbonyl (C=O) groups is 1. The van der Waals surface area contributed by atoms with Gasteiger partial charge in [-0.15, -0.1) is 0 Å². The minimum atomic E-state index is -0.478. The van der Waals surface area contributed by atoms with Gasteiger partial charge in [-0.3, -0.25) is 4.98 Å². The van der Waals surface area contributed by atoms with E-state index < -0.39 is 24.3 Å². The van der Waals surface area contributed by atoms with Crippen molar-refractivity contribution in [2.24, 2.45) is 0 Å².